The lowest BCUT2D eigenvalue weighted by Crippen LogP contribution is -2.00. The third kappa shape index (κ3) is 12.9. The van der Waals surface area contributed by atoms with Gasteiger partial charge in [-0.05, 0) is 12.5 Å². The first kappa shape index (κ1) is 22.0. The van der Waals surface area contributed by atoms with Gasteiger partial charge in [0.2, 0.25) is 0 Å². The Morgan fingerprint density at radius 3 is 1.92 bits per heavy atom. The first-order valence-electron chi connectivity index (χ1n) is 9.68. The van der Waals surface area contributed by atoms with Gasteiger partial charge in [-0.25, -0.2) is 0 Å². The molecule has 0 aromatic carbocycles. The number of ether oxygens (including phenoxy) is 1. The molecule has 1 rings (SSSR count). The smallest absolute Gasteiger partial charge is 0.284 e. The van der Waals surface area contributed by atoms with Crippen LogP contribution in [0.15, 0.2) is 16.5 Å². The van der Waals surface area contributed by atoms with E-state index in [1.165, 1.54) is 70.3 Å². The van der Waals surface area contributed by atoms with Crippen molar-refractivity contribution in [3.8, 4) is 5.95 Å². The molecular weight excluding hydrogens is 340 g/mol. The van der Waals surface area contributed by atoms with E-state index in [2.05, 4.69) is 6.92 Å². The van der Waals surface area contributed by atoms with Gasteiger partial charge in [0.15, 0.2) is 0 Å². The molecule has 0 fully saturated rings. The molecule has 6 heteroatoms. The van der Waals surface area contributed by atoms with E-state index in [-0.39, 0.29) is 5.76 Å². The fraction of sp³-hybridized carbons (Fsp3) is 0.789. The van der Waals surface area contributed by atoms with Crippen molar-refractivity contribution in [2.45, 2.75) is 89.7 Å². The van der Waals surface area contributed by atoms with Gasteiger partial charge in [0.05, 0.1) is 6.61 Å². The van der Waals surface area contributed by atoms with Crippen molar-refractivity contribution in [3.63, 3.8) is 0 Å². The average molecular weight is 375 g/mol. The van der Waals surface area contributed by atoms with Gasteiger partial charge in [-0.1, -0.05) is 77.6 Å². The molecule has 0 aliphatic carbocycles. The van der Waals surface area contributed by atoms with E-state index in [4.69, 9.17) is 13.7 Å². The van der Waals surface area contributed by atoms with E-state index in [1.807, 2.05) is 0 Å². The van der Waals surface area contributed by atoms with Gasteiger partial charge in [-0.3, -0.25) is 4.55 Å². The first-order chi connectivity index (χ1) is 12.0. The summed E-state index contributed by atoms with van der Waals surface area (Å²) in [6.07, 6.45) is 15.5. The van der Waals surface area contributed by atoms with Gasteiger partial charge in [0.1, 0.15) is 11.5 Å². The fourth-order valence-electron chi connectivity index (χ4n) is 2.81. The van der Waals surface area contributed by atoms with Crippen LogP contribution in [-0.2, 0) is 15.9 Å². The molecule has 1 N–H and O–H groups in total. The quantitative estimate of drug-likeness (QED) is 0.294. The fourth-order valence-corrected chi connectivity index (χ4v) is 3.32. The Kier molecular flexibility index (Phi) is 11.7. The predicted molar refractivity (Wildman–Crippen MR) is 101 cm³/mol. The van der Waals surface area contributed by atoms with E-state index in [1.54, 1.807) is 6.07 Å². The average Bonchev–Trinajstić information content (AvgIpc) is 2.97. The van der Waals surface area contributed by atoms with Crippen LogP contribution in [0, 0.1) is 0 Å². The number of hydrogen-bond acceptors (Lipinski definition) is 4. The summed E-state index contributed by atoms with van der Waals surface area (Å²) < 4.78 is 40.9. The number of unbranched alkanes of at least 4 members (excludes halogenated alkanes) is 11. The summed E-state index contributed by atoms with van der Waals surface area (Å²) in [6, 6.07) is 3.09. The Labute approximate surface area is 152 Å². The lowest BCUT2D eigenvalue weighted by Gasteiger charge is -2.04. The molecule has 0 amide bonds. The van der Waals surface area contributed by atoms with Crippen LogP contribution in [0.5, 0.6) is 5.95 Å². The Morgan fingerprint density at radius 1 is 0.880 bits per heavy atom. The van der Waals surface area contributed by atoms with E-state index in [0.29, 0.717) is 12.6 Å². The van der Waals surface area contributed by atoms with Gasteiger partial charge >= 0.3 is 0 Å². The monoisotopic (exact) mass is 374 g/mol. The summed E-state index contributed by atoms with van der Waals surface area (Å²) in [6.45, 7) is 2.82. The van der Waals surface area contributed by atoms with Crippen molar-refractivity contribution in [2.24, 2.45) is 0 Å². The van der Waals surface area contributed by atoms with Gasteiger partial charge in [0.25, 0.3) is 16.1 Å². The van der Waals surface area contributed by atoms with Gasteiger partial charge < -0.3 is 9.15 Å². The molecule has 0 unspecified atom stereocenters. The van der Waals surface area contributed by atoms with Crippen molar-refractivity contribution in [1.29, 1.82) is 0 Å². The highest BCUT2D eigenvalue weighted by Crippen LogP contribution is 2.18. The lowest BCUT2D eigenvalue weighted by molar-refractivity contribution is 0.231. The molecular formula is C19H34O5S. The second kappa shape index (κ2) is 13.2. The summed E-state index contributed by atoms with van der Waals surface area (Å²) >= 11 is 0. The van der Waals surface area contributed by atoms with Crippen molar-refractivity contribution >= 4 is 10.1 Å². The summed E-state index contributed by atoms with van der Waals surface area (Å²) in [7, 11) is -4.06. The van der Waals surface area contributed by atoms with E-state index in [9.17, 15) is 8.42 Å². The maximum absolute atomic E-state index is 10.8. The van der Waals surface area contributed by atoms with Crippen molar-refractivity contribution in [3.05, 3.63) is 17.9 Å². The molecule has 1 heterocycles. The van der Waals surface area contributed by atoms with Crippen LogP contribution >= 0.6 is 0 Å². The van der Waals surface area contributed by atoms with E-state index >= 15 is 0 Å². The molecule has 0 saturated heterocycles. The zero-order valence-corrected chi connectivity index (χ0v) is 16.4. The third-order valence-electron chi connectivity index (χ3n) is 4.20. The van der Waals surface area contributed by atoms with Crippen LogP contribution < -0.4 is 4.74 Å². The summed E-state index contributed by atoms with van der Waals surface area (Å²) in [4.78, 5) is 0. The van der Waals surface area contributed by atoms with Crippen LogP contribution in [0.1, 0.15) is 89.7 Å². The Bertz CT molecular complexity index is 536. The van der Waals surface area contributed by atoms with Crippen LogP contribution in [-0.4, -0.2) is 19.6 Å². The minimum Gasteiger partial charge on any atom is -0.465 e. The predicted octanol–water partition coefficient (Wildman–Crippen LogP) is 5.75. The Balaban J connectivity index is 1.90. The van der Waals surface area contributed by atoms with Crippen molar-refractivity contribution in [1.82, 2.24) is 0 Å². The molecule has 25 heavy (non-hydrogen) atoms. The molecule has 0 aliphatic rings. The largest absolute Gasteiger partial charge is 0.465 e. The van der Waals surface area contributed by atoms with Crippen LogP contribution in [0.3, 0.4) is 0 Å². The maximum Gasteiger partial charge on any atom is 0.284 e. The number of hydrogen-bond donors (Lipinski definition) is 1. The molecule has 1 aromatic heterocycles. The third-order valence-corrected chi connectivity index (χ3v) is 4.85. The SMILES string of the molecule is CCCCCCCCCCCCCCOc1ccc(CS(=O)(=O)O)o1. The highest BCUT2D eigenvalue weighted by atomic mass is 32.2. The Hall–Kier alpha value is -1.01. The minimum atomic E-state index is -4.06. The summed E-state index contributed by atoms with van der Waals surface area (Å²) in [5.41, 5.74) is 0. The Morgan fingerprint density at radius 2 is 1.40 bits per heavy atom. The lowest BCUT2D eigenvalue weighted by atomic mass is 10.1. The number of rotatable bonds is 16. The van der Waals surface area contributed by atoms with Gasteiger partial charge in [-0.15, -0.1) is 0 Å². The molecule has 0 atom stereocenters. The normalized spacial score (nSPS) is 11.8. The van der Waals surface area contributed by atoms with Crippen LogP contribution in [0.2, 0.25) is 0 Å². The van der Waals surface area contributed by atoms with Gasteiger partial charge in [-0.2, -0.15) is 8.42 Å². The summed E-state index contributed by atoms with van der Waals surface area (Å²) in [5.74, 6) is -0.0245. The maximum atomic E-state index is 10.8. The molecule has 0 saturated carbocycles. The highest BCUT2D eigenvalue weighted by molar-refractivity contribution is 7.84. The summed E-state index contributed by atoms with van der Waals surface area (Å²) in [5, 5.41) is 0. The zero-order valence-electron chi connectivity index (χ0n) is 15.5. The second-order valence-corrected chi connectivity index (χ2v) is 8.14. The minimum absolute atomic E-state index is 0.187. The van der Waals surface area contributed by atoms with E-state index < -0.39 is 15.9 Å². The van der Waals surface area contributed by atoms with Gasteiger partial charge in [0, 0.05) is 6.07 Å². The number of furan rings is 1. The molecule has 1 aromatic rings. The molecule has 0 spiro atoms. The van der Waals surface area contributed by atoms with Crippen LogP contribution in [0.25, 0.3) is 0 Å². The second-order valence-electron chi connectivity index (χ2n) is 6.68. The van der Waals surface area contributed by atoms with Crippen molar-refractivity contribution in [2.75, 3.05) is 6.61 Å². The van der Waals surface area contributed by atoms with Crippen molar-refractivity contribution < 1.29 is 22.1 Å². The molecule has 5 nitrogen and oxygen atoms in total. The first-order valence-corrected chi connectivity index (χ1v) is 11.3. The highest BCUT2D eigenvalue weighted by Gasteiger charge is 2.11. The molecule has 0 radical (unpaired) electrons. The molecule has 146 valence electrons. The van der Waals surface area contributed by atoms with E-state index in [0.717, 1.165) is 12.8 Å². The molecule has 0 bridgehead atoms. The standard InChI is InChI=1S/C19H34O5S/c1-2-3-4-5-6-7-8-9-10-11-12-13-16-23-19-15-14-18(24-19)17-25(20,21)22/h14-15H,2-13,16-17H2,1H3,(H,20,21,22). The zero-order chi connectivity index (χ0) is 18.4. The van der Waals surface area contributed by atoms with Crippen LogP contribution in [0.4, 0.5) is 0 Å². The molecule has 0 aliphatic heterocycles. The topological polar surface area (TPSA) is 76.7 Å².